The van der Waals surface area contributed by atoms with E-state index in [1.54, 1.807) is 23.9 Å². The Labute approximate surface area is 195 Å². The second-order valence-electron chi connectivity index (χ2n) is 7.15. The molecule has 1 aliphatic heterocycles. The fraction of sp³-hybridized carbons (Fsp3) is 0.167. The van der Waals surface area contributed by atoms with E-state index in [0.29, 0.717) is 27.0 Å². The molecular formula is C24H20Cl2N2O2S. The van der Waals surface area contributed by atoms with Crippen molar-refractivity contribution in [2.75, 3.05) is 16.0 Å². The summed E-state index contributed by atoms with van der Waals surface area (Å²) < 4.78 is 0. The zero-order chi connectivity index (χ0) is 22.0. The van der Waals surface area contributed by atoms with Crippen LogP contribution < -0.4 is 10.2 Å². The molecule has 31 heavy (non-hydrogen) atoms. The summed E-state index contributed by atoms with van der Waals surface area (Å²) in [7, 11) is 0. The Bertz CT molecular complexity index is 1150. The molecule has 7 heteroatoms. The Morgan fingerprint density at radius 2 is 1.90 bits per heavy atom. The first kappa shape index (κ1) is 21.8. The number of carbonyl (C=O) groups excluding carboxylic acids is 2. The highest BCUT2D eigenvalue weighted by atomic mass is 35.5. The summed E-state index contributed by atoms with van der Waals surface area (Å²) in [6.45, 7) is 2.09. The number of nitrogens with zero attached hydrogens (tertiary/aromatic N) is 1. The lowest BCUT2D eigenvalue weighted by molar-refractivity contribution is -0.115. The zero-order valence-electron chi connectivity index (χ0n) is 16.8. The van der Waals surface area contributed by atoms with Crippen molar-refractivity contribution in [2.45, 2.75) is 18.7 Å². The number of halogens is 2. The summed E-state index contributed by atoms with van der Waals surface area (Å²) in [5, 5.41) is 3.49. The van der Waals surface area contributed by atoms with Gasteiger partial charge in [-0.2, -0.15) is 0 Å². The van der Waals surface area contributed by atoms with Crippen LogP contribution >= 0.6 is 35.0 Å². The predicted octanol–water partition coefficient (Wildman–Crippen LogP) is 6.59. The third kappa shape index (κ3) is 4.74. The third-order valence-corrected chi connectivity index (χ3v) is 6.83. The number of hydrogen-bond donors (Lipinski definition) is 1. The van der Waals surface area contributed by atoms with Crippen molar-refractivity contribution in [1.29, 1.82) is 0 Å². The average Bonchev–Trinajstić information content (AvgIpc) is 3.15. The van der Waals surface area contributed by atoms with Crippen LogP contribution in [0.5, 0.6) is 0 Å². The van der Waals surface area contributed by atoms with Gasteiger partial charge in [0, 0.05) is 16.4 Å². The number of aryl methyl sites for hydroxylation is 1. The Hall–Kier alpha value is -2.47. The number of rotatable bonds is 5. The first-order chi connectivity index (χ1) is 15.0. The maximum atomic E-state index is 12.7. The van der Waals surface area contributed by atoms with Gasteiger partial charge in [-0.3, -0.25) is 14.5 Å². The van der Waals surface area contributed by atoms with Crippen LogP contribution in [-0.2, 0) is 11.2 Å². The van der Waals surface area contributed by atoms with Crippen LogP contribution in [0.25, 0.3) is 0 Å². The standard InChI is InChI=1S/C24H20Cl2N2O2S/c1-2-15-5-3-8-19(11-15)28-22(29)14-31-24(28)16-6-4-7-18(12-16)27-23(30)20-10-9-17(25)13-21(20)26/h3-13,24H,2,14H2,1H3,(H,27,30)/t24-/m1/s1. The molecule has 0 bridgehead atoms. The van der Waals surface area contributed by atoms with Crippen molar-refractivity contribution in [3.63, 3.8) is 0 Å². The molecule has 1 atom stereocenters. The van der Waals surface area contributed by atoms with Gasteiger partial charge in [0.15, 0.2) is 0 Å². The van der Waals surface area contributed by atoms with E-state index < -0.39 is 0 Å². The number of amides is 2. The van der Waals surface area contributed by atoms with Crippen LogP contribution in [0.15, 0.2) is 66.7 Å². The van der Waals surface area contributed by atoms with E-state index in [2.05, 4.69) is 24.4 Å². The molecule has 0 aromatic heterocycles. The minimum Gasteiger partial charge on any atom is -0.322 e. The van der Waals surface area contributed by atoms with Gasteiger partial charge < -0.3 is 5.32 Å². The highest BCUT2D eigenvalue weighted by Gasteiger charge is 2.34. The zero-order valence-corrected chi connectivity index (χ0v) is 19.1. The summed E-state index contributed by atoms with van der Waals surface area (Å²) in [4.78, 5) is 27.2. The lowest BCUT2D eigenvalue weighted by Gasteiger charge is -2.25. The molecule has 0 aliphatic carbocycles. The molecule has 4 nitrogen and oxygen atoms in total. The maximum absolute atomic E-state index is 12.7. The van der Waals surface area contributed by atoms with Crippen molar-refractivity contribution in [2.24, 2.45) is 0 Å². The Kier molecular flexibility index (Phi) is 6.56. The fourth-order valence-electron chi connectivity index (χ4n) is 3.52. The number of benzene rings is 3. The first-order valence-electron chi connectivity index (χ1n) is 9.85. The van der Waals surface area contributed by atoms with Crippen LogP contribution in [0.1, 0.15) is 33.8 Å². The smallest absolute Gasteiger partial charge is 0.257 e. The highest BCUT2D eigenvalue weighted by Crippen LogP contribution is 2.42. The van der Waals surface area contributed by atoms with E-state index in [-0.39, 0.29) is 17.2 Å². The van der Waals surface area contributed by atoms with Gasteiger partial charge in [0.25, 0.3) is 5.91 Å². The predicted molar refractivity (Wildman–Crippen MR) is 129 cm³/mol. The van der Waals surface area contributed by atoms with Crippen molar-refractivity contribution in [3.05, 3.63) is 93.5 Å². The van der Waals surface area contributed by atoms with E-state index in [4.69, 9.17) is 23.2 Å². The van der Waals surface area contributed by atoms with E-state index in [9.17, 15) is 9.59 Å². The fourth-order valence-corrected chi connectivity index (χ4v) is 5.18. The monoisotopic (exact) mass is 470 g/mol. The Morgan fingerprint density at radius 3 is 2.68 bits per heavy atom. The molecule has 0 radical (unpaired) electrons. The van der Waals surface area contributed by atoms with E-state index in [0.717, 1.165) is 17.7 Å². The summed E-state index contributed by atoms with van der Waals surface area (Å²) in [5.74, 6) is 0.171. The van der Waals surface area contributed by atoms with Gasteiger partial charge in [-0.1, -0.05) is 54.4 Å². The van der Waals surface area contributed by atoms with Crippen molar-refractivity contribution in [3.8, 4) is 0 Å². The molecule has 3 aromatic carbocycles. The molecule has 0 saturated carbocycles. The molecule has 0 unspecified atom stereocenters. The van der Waals surface area contributed by atoms with Crippen molar-refractivity contribution < 1.29 is 9.59 Å². The van der Waals surface area contributed by atoms with Gasteiger partial charge in [-0.25, -0.2) is 0 Å². The maximum Gasteiger partial charge on any atom is 0.257 e. The van der Waals surface area contributed by atoms with Crippen LogP contribution in [0, 0.1) is 0 Å². The number of carbonyl (C=O) groups is 2. The topological polar surface area (TPSA) is 49.4 Å². The number of hydrogen-bond acceptors (Lipinski definition) is 3. The minimum atomic E-state index is -0.318. The third-order valence-electron chi connectivity index (χ3n) is 5.07. The average molecular weight is 471 g/mol. The van der Waals surface area contributed by atoms with Gasteiger partial charge in [0.1, 0.15) is 5.37 Å². The molecule has 3 aromatic rings. The lowest BCUT2D eigenvalue weighted by Crippen LogP contribution is -2.28. The number of thioether (sulfide) groups is 1. The molecule has 1 aliphatic rings. The Morgan fingerprint density at radius 1 is 1.10 bits per heavy atom. The van der Waals surface area contributed by atoms with Gasteiger partial charge in [-0.15, -0.1) is 11.8 Å². The quantitative estimate of drug-likeness (QED) is 0.457. The largest absolute Gasteiger partial charge is 0.322 e. The van der Waals surface area contributed by atoms with E-state index >= 15 is 0 Å². The molecule has 1 heterocycles. The second kappa shape index (κ2) is 9.35. The Balaban J connectivity index is 1.59. The van der Waals surface area contributed by atoms with Gasteiger partial charge in [0.05, 0.1) is 16.3 Å². The molecule has 1 saturated heterocycles. The van der Waals surface area contributed by atoms with E-state index in [1.807, 2.05) is 41.3 Å². The molecule has 2 amide bonds. The summed E-state index contributed by atoms with van der Waals surface area (Å²) >= 11 is 13.7. The SMILES string of the molecule is CCc1cccc(N2C(=O)CS[C@@H]2c2cccc(NC(=O)c3ccc(Cl)cc3Cl)c2)c1. The summed E-state index contributed by atoms with van der Waals surface area (Å²) in [6.07, 6.45) is 0.905. The van der Waals surface area contributed by atoms with Gasteiger partial charge in [-0.05, 0) is 60.0 Å². The number of nitrogens with one attached hydrogen (secondary N) is 1. The molecular weight excluding hydrogens is 451 g/mol. The van der Waals surface area contributed by atoms with Crippen LogP contribution in [-0.4, -0.2) is 17.6 Å². The van der Waals surface area contributed by atoms with Gasteiger partial charge in [0.2, 0.25) is 5.91 Å². The van der Waals surface area contributed by atoms with Crippen molar-refractivity contribution in [1.82, 2.24) is 0 Å². The normalized spacial score (nSPS) is 15.9. The van der Waals surface area contributed by atoms with Crippen LogP contribution in [0.4, 0.5) is 11.4 Å². The first-order valence-corrected chi connectivity index (χ1v) is 11.7. The van der Waals surface area contributed by atoms with Gasteiger partial charge >= 0.3 is 0 Å². The molecule has 1 fully saturated rings. The van der Waals surface area contributed by atoms with Crippen molar-refractivity contribution >= 4 is 58.2 Å². The highest BCUT2D eigenvalue weighted by molar-refractivity contribution is 8.00. The summed E-state index contributed by atoms with van der Waals surface area (Å²) in [6, 6.07) is 20.4. The molecule has 1 N–H and O–H groups in total. The van der Waals surface area contributed by atoms with Crippen LogP contribution in [0.3, 0.4) is 0 Å². The number of anilines is 2. The van der Waals surface area contributed by atoms with Crippen LogP contribution in [0.2, 0.25) is 10.0 Å². The minimum absolute atomic E-state index is 0.0747. The molecule has 158 valence electrons. The lowest BCUT2D eigenvalue weighted by atomic mass is 10.1. The second-order valence-corrected chi connectivity index (χ2v) is 9.07. The molecule has 4 rings (SSSR count). The van der Waals surface area contributed by atoms with E-state index in [1.165, 1.54) is 11.6 Å². The summed E-state index contributed by atoms with van der Waals surface area (Å²) in [5.41, 5.74) is 4.00. The molecule has 0 spiro atoms.